The Balaban J connectivity index is 3.32. The van der Waals surface area contributed by atoms with E-state index in [-0.39, 0.29) is 13.1 Å². The van der Waals surface area contributed by atoms with Gasteiger partial charge in [0.2, 0.25) is 5.91 Å². The van der Waals surface area contributed by atoms with E-state index in [4.69, 9.17) is 15.2 Å². The lowest BCUT2D eigenvalue weighted by Gasteiger charge is -2.44. The largest absolute Gasteiger partial charge is 0.442 e. The number of urea groups is 1. The van der Waals surface area contributed by atoms with Crippen LogP contribution in [0.5, 0.6) is 0 Å². The number of alkyl carbamates (subject to hydrolysis) is 2. The highest BCUT2D eigenvalue weighted by molar-refractivity contribution is 5.91. The zero-order valence-corrected chi connectivity index (χ0v) is 20.5. The third kappa shape index (κ3) is 9.44. The molecule has 0 spiro atoms. The molecule has 5 unspecified atom stereocenters. The van der Waals surface area contributed by atoms with Crippen molar-refractivity contribution < 1.29 is 38.6 Å². The molecule has 1 fully saturated rings. The molecule has 0 heterocycles. The van der Waals surface area contributed by atoms with E-state index in [1.54, 1.807) is 0 Å². The number of aliphatic hydroxyl groups is 1. The van der Waals surface area contributed by atoms with Gasteiger partial charge in [-0.2, -0.15) is 0 Å². The minimum Gasteiger partial charge on any atom is -0.442 e. The monoisotopic (exact) mass is 512 g/mol. The lowest BCUT2D eigenvalue weighted by molar-refractivity contribution is -0.159. The average molecular weight is 513 g/mol. The van der Waals surface area contributed by atoms with E-state index >= 15 is 0 Å². The molecule has 1 aliphatic carbocycles. The molecule has 14 nitrogen and oxygen atoms in total. The summed E-state index contributed by atoms with van der Waals surface area (Å²) in [6.45, 7) is 10.6. The minimum absolute atomic E-state index is 0.0544. The van der Waals surface area contributed by atoms with Gasteiger partial charge in [0, 0.05) is 32.5 Å². The molecule has 0 aromatic heterocycles. The second-order valence-corrected chi connectivity index (χ2v) is 8.20. The summed E-state index contributed by atoms with van der Waals surface area (Å²) in [6, 6.07) is -2.96. The predicted molar refractivity (Wildman–Crippen MR) is 129 cm³/mol. The molecule has 6 amide bonds. The van der Waals surface area contributed by atoms with Crippen LogP contribution in [-0.4, -0.2) is 84.7 Å². The summed E-state index contributed by atoms with van der Waals surface area (Å²) in [5.41, 5.74) is 2.97. The van der Waals surface area contributed by atoms with Crippen molar-refractivity contribution in [3.05, 3.63) is 25.3 Å². The molecule has 0 bridgehead atoms. The fraction of sp³-hybridized carbons (Fsp3) is 0.591. The lowest BCUT2D eigenvalue weighted by Crippen LogP contribution is -2.66. The molecule has 5 atom stereocenters. The first-order valence-corrected chi connectivity index (χ1v) is 11.4. The maximum atomic E-state index is 12.9. The molecule has 0 aromatic carbocycles. The molecular formula is C22H36N6O8. The van der Waals surface area contributed by atoms with Crippen molar-refractivity contribution in [2.45, 2.75) is 63.0 Å². The van der Waals surface area contributed by atoms with Crippen molar-refractivity contribution in [1.82, 2.24) is 26.6 Å². The van der Waals surface area contributed by atoms with Crippen molar-refractivity contribution in [2.24, 2.45) is 5.73 Å². The van der Waals surface area contributed by atoms with E-state index in [1.165, 1.54) is 19.1 Å². The van der Waals surface area contributed by atoms with Crippen LogP contribution in [0, 0.1) is 0 Å². The minimum atomic E-state index is -2.23. The molecule has 36 heavy (non-hydrogen) atoms. The topological polar surface area (TPSA) is 210 Å². The third-order valence-corrected chi connectivity index (χ3v) is 5.19. The van der Waals surface area contributed by atoms with Gasteiger partial charge in [-0.15, -0.1) is 13.2 Å². The Morgan fingerprint density at radius 3 is 2.17 bits per heavy atom. The Morgan fingerprint density at radius 1 is 1.06 bits per heavy atom. The molecule has 0 saturated heterocycles. The van der Waals surface area contributed by atoms with Crippen LogP contribution in [0.25, 0.3) is 0 Å². The zero-order valence-electron chi connectivity index (χ0n) is 20.5. The van der Waals surface area contributed by atoms with Crippen molar-refractivity contribution >= 4 is 30.0 Å². The van der Waals surface area contributed by atoms with Gasteiger partial charge >= 0.3 is 18.2 Å². The number of nitrogens with one attached hydrogen (secondary N) is 5. The van der Waals surface area contributed by atoms with Gasteiger partial charge in [0.25, 0.3) is 5.91 Å². The number of hydrogen-bond acceptors (Lipinski definition) is 8. The molecule has 0 aliphatic heterocycles. The van der Waals surface area contributed by atoms with Crippen LogP contribution >= 0.6 is 0 Å². The summed E-state index contributed by atoms with van der Waals surface area (Å²) in [7, 11) is 0. The van der Waals surface area contributed by atoms with Gasteiger partial charge in [0.15, 0.2) is 6.10 Å². The van der Waals surface area contributed by atoms with Crippen LogP contribution in [0.15, 0.2) is 25.3 Å². The molecule has 202 valence electrons. The second kappa shape index (κ2) is 14.6. The van der Waals surface area contributed by atoms with Gasteiger partial charge in [-0.1, -0.05) is 19.1 Å². The molecule has 1 aliphatic rings. The molecule has 0 aromatic rings. The molecule has 0 radical (unpaired) electrons. The number of amides is 6. The van der Waals surface area contributed by atoms with Gasteiger partial charge in [0.1, 0.15) is 17.7 Å². The van der Waals surface area contributed by atoms with Gasteiger partial charge in [-0.05, 0) is 13.3 Å². The highest BCUT2D eigenvalue weighted by Gasteiger charge is 2.53. The first-order valence-electron chi connectivity index (χ1n) is 11.4. The number of carbonyl (C=O) groups excluding carboxylic acids is 5. The number of primary amides is 1. The van der Waals surface area contributed by atoms with E-state index in [1.807, 2.05) is 6.92 Å². The molecular weight excluding hydrogens is 476 g/mol. The summed E-state index contributed by atoms with van der Waals surface area (Å²) < 4.78 is 10.8. The molecule has 8 N–H and O–H groups in total. The fourth-order valence-electron chi connectivity index (χ4n) is 3.37. The maximum absolute atomic E-state index is 12.9. The van der Waals surface area contributed by atoms with E-state index < -0.39 is 72.8 Å². The lowest BCUT2D eigenvalue weighted by atomic mass is 9.77. The quantitative estimate of drug-likeness (QED) is 0.163. The van der Waals surface area contributed by atoms with Crippen molar-refractivity contribution in [1.29, 1.82) is 0 Å². The standard InChI is InChI=1S/C22H36N6O8/c1-5-8-24-19(31)28-14-11-22(34,18(30)27-13(4)17(23)29)12-15(35-20(32)25-9-6-2)16(14)36-21(33)26-10-7-3/h6-7,13-16,34H,2-3,5,8-12H2,1,4H3,(H2,23,29)(H,25,32)(H,26,33)(H,27,30)(H2,24,28,31). The normalized spacial score (nSPS) is 23.7. The number of ether oxygens (including phenoxy) is 2. The van der Waals surface area contributed by atoms with E-state index in [9.17, 15) is 29.1 Å². The number of nitrogens with two attached hydrogens (primary N) is 1. The average Bonchev–Trinajstić information content (AvgIpc) is 2.81. The Kier molecular flexibility index (Phi) is 12.2. The maximum Gasteiger partial charge on any atom is 0.407 e. The molecule has 1 rings (SSSR count). The Morgan fingerprint density at radius 2 is 1.64 bits per heavy atom. The smallest absolute Gasteiger partial charge is 0.407 e. The Labute approximate surface area is 209 Å². The van der Waals surface area contributed by atoms with Crippen molar-refractivity contribution in [2.75, 3.05) is 19.6 Å². The third-order valence-electron chi connectivity index (χ3n) is 5.19. The van der Waals surface area contributed by atoms with E-state index in [0.29, 0.717) is 13.0 Å². The van der Waals surface area contributed by atoms with Crippen LogP contribution < -0.4 is 32.3 Å². The molecule has 1 saturated carbocycles. The van der Waals surface area contributed by atoms with Gasteiger partial charge in [0.05, 0.1) is 6.04 Å². The first-order chi connectivity index (χ1) is 17.0. The highest BCUT2D eigenvalue weighted by atomic mass is 16.6. The Bertz CT molecular complexity index is 837. The number of carbonyl (C=O) groups is 5. The summed E-state index contributed by atoms with van der Waals surface area (Å²) in [4.78, 5) is 61.4. The van der Waals surface area contributed by atoms with Crippen LogP contribution in [0.3, 0.4) is 0 Å². The number of rotatable bonds is 12. The van der Waals surface area contributed by atoms with Crippen LogP contribution in [0.2, 0.25) is 0 Å². The SMILES string of the molecule is C=CCNC(=O)OC1CC(O)(C(=O)NC(C)C(N)=O)CC(NC(=O)NCCC)C1OC(=O)NCC=C. The fourth-order valence-corrected chi connectivity index (χ4v) is 3.37. The van der Waals surface area contributed by atoms with Gasteiger partial charge in [-0.3, -0.25) is 9.59 Å². The summed E-state index contributed by atoms with van der Waals surface area (Å²) in [5.74, 6) is -1.82. The van der Waals surface area contributed by atoms with E-state index in [2.05, 4.69) is 39.7 Å². The van der Waals surface area contributed by atoms with E-state index in [0.717, 1.165) is 0 Å². The summed E-state index contributed by atoms with van der Waals surface area (Å²) in [5, 5.41) is 23.5. The van der Waals surface area contributed by atoms with Crippen LogP contribution in [-0.2, 0) is 19.1 Å². The number of hydrogen-bond donors (Lipinski definition) is 7. The van der Waals surface area contributed by atoms with Gasteiger partial charge in [-0.25, -0.2) is 14.4 Å². The second-order valence-electron chi connectivity index (χ2n) is 8.20. The van der Waals surface area contributed by atoms with Gasteiger partial charge < -0.3 is 46.9 Å². The van der Waals surface area contributed by atoms with Crippen molar-refractivity contribution in [3.8, 4) is 0 Å². The summed E-state index contributed by atoms with van der Waals surface area (Å²) in [6.07, 6.45) is -2.02. The Hall–Kier alpha value is -3.81. The summed E-state index contributed by atoms with van der Waals surface area (Å²) >= 11 is 0. The van der Waals surface area contributed by atoms with Crippen molar-refractivity contribution in [3.63, 3.8) is 0 Å². The first kappa shape index (κ1) is 30.2. The predicted octanol–water partition coefficient (Wildman–Crippen LogP) is -0.859. The molecule has 14 heteroatoms. The van der Waals surface area contributed by atoms with Crippen LogP contribution in [0.4, 0.5) is 14.4 Å². The highest BCUT2D eigenvalue weighted by Crippen LogP contribution is 2.33. The zero-order chi connectivity index (χ0) is 27.3. The van der Waals surface area contributed by atoms with Crippen LogP contribution in [0.1, 0.15) is 33.1 Å².